The van der Waals surface area contributed by atoms with Crippen molar-refractivity contribution >= 4 is 11.8 Å². The van der Waals surface area contributed by atoms with Crippen LogP contribution in [0.5, 0.6) is 0 Å². The molecule has 0 aliphatic heterocycles. The second-order valence-electron chi connectivity index (χ2n) is 4.99. The summed E-state index contributed by atoms with van der Waals surface area (Å²) in [5, 5.41) is 7.40. The summed E-state index contributed by atoms with van der Waals surface area (Å²) in [5.74, 6) is 2.19. The first kappa shape index (κ1) is 16.0. The highest BCUT2D eigenvalue weighted by atomic mass is 32.2. The lowest BCUT2D eigenvalue weighted by atomic mass is 10.1. The molecule has 5 heteroatoms. The molecule has 0 saturated heterocycles. The Labute approximate surface area is 130 Å². The SMILES string of the molecule is CCCNC(C)c1ccc(SCc2nc(CC)no2)cc1. The molecule has 1 aromatic carbocycles. The Morgan fingerprint density at radius 2 is 2.00 bits per heavy atom. The van der Waals surface area contributed by atoms with E-state index < -0.39 is 0 Å². The van der Waals surface area contributed by atoms with E-state index in [0.29, 0.717) is 11.9 Å². The Kier molecular flexibility index (Phi) is 6.26. The maximum atomic E-state index is 5.19. The van der Waals surface area contributed by atoms with E-state index in [0.717, 1.165) is 31.0 Å². The van der Waals surface area contributed by atoms with Crippen LogP contribution in [0.3, 0.4) is 0 Å². The van der Waals surface area contributed by atoms with Gasteiger partial charge in [-0.1, -0.05) is 31.1 Å². The van der Waals surface area contributed by atoms with Crippen LogP contribution in [-0.2, 0) is 12.2 Å². The summed E-state index contributed by atoms with van der Waals surface area (Å²) in [4.78, 5) is 5.53. The van der Waals surface area contributed by atoms with Gasteiger partial charge in [0.15, 0.2) is 5.82 Å². The summed E-state index contributed by atoms with van der Waals surface area (Å²) >= 11 is 1.72. The van der Waals surface area contributed by atoms with Crippen LogP contribution in [-0.4, -0.2) is 16.7 Å². The smallest absolute Gasteiger partial charge is 0.237 e. The van der Waals surface area contributed by atoms with Crippen molar-refractivity contribution in [1.82, 2.24) is 15.5 Å². The topological polar surface area (TPSA) is 51.0 Å². The molecule has 0 saturated carbocycles. The Balaban J connectivity index is 1.87. The maximum absolute atomic E-state index is 5.19. The van der Waals surface area contributed by atoms with E-state index in [9.17, 15) is 0 Å². The van der Waals surface area contributed by atoms with Crippen molar-refractivity contribution < 1.29 is 4.52 Å². The first-order valence-corrected chi connectivity index (χ1v) is 8.49. The fraction of sp³-hybridized carbons (Fsp3) is 0.500. The molecule has 2 rings (SSSR count). The van der Waals surface area contributed by atoms with Crippen LogP contribution in [0.4, 0.5) is 0 Å². The van der Waals surface area contributed by atoms with Crippen molar-refractivity contribution in [1.29, 1.82) is 0 Å². The standard InChI is InChI=1S/C16H23N3OS/c1-4-10-17-12(3)13-6-8-14(9-7-13)21-11-16-18-15(5-2)19-20-16/h6-9,12,17H,4-5,10-11H2,1-3H3. The molecule has 0 bridgehead atoms. The molecular weight excluding hydrogens is 282 g/mol. The normalized spacial score (nSPS) is 12.5. The lowest BCUT2D eigenvalue weighted by Crippen LogP contribution is -2.19. The van der Waals surface area contributed by atoms with Gasteiger partial charge in [0.2, 0.25) is 5.89 Å². The maximum Gasteiger partial charge on any atom is 0.237 e. The van der Waals surface area contributed by atoms with E-state index in [2.05, 4.69) is 53.6 Å². The molecule has 0 radical (unpaired) electrons. The number of rotatable bonds is 8. The van der Waals surface area contributed by atoms with Gasteiger partial charge in [-0.2, -0.15) is 4.98 Å². The van der Waals surface area contributed by atoms with Crippen LogP contribution in [0.25, 0.3) is 0 Å². The third kappa shape index (κ3) is 4.86. The van der Waals surface area contributed by atoms with Crippen molar-refractivity contribution in [3.05, 3.63) is 41.5 Å². The highest BCUT2D eigenvalue weighted by Crippen LogP contribution is 2.24. The second-order valence-corrected chi connectivity index (χ2v) is 6.04. The number of benzene rings is 1. The fourth-order valence-electron chi connectivity index (χ4n) is 1.97. The molecule has 0 amide bonds. The van der Waals surface area contributed by atoms with Crippen LogP contribution >= 0.6 is 11.8 Å². The average Bonchev–Trinajstić information content (AvgIpc) is 2.99. The number of hydrogen-bond donors (Lipinski definition) is 1. The number of aromatic nitrogens is 2. The first-order valence-electron chi connectivity index (χ1n) is 7.50. The molecule has 0 aliphatic carbocycles. The van der Waals surface area contributed by atoms with E-state index in [1.54, 1.807) is 11.8 Å². The van der Waals surface area contributed by atoms with Gasteiger partial charge in [-0.05, 0) is 37.6 Å². The minimum Gasteiger partial charge on any atom is -0.338 e. The fourth-order valence-corrected chi connectivity index (χ4v) is 2.70. The molecule has 1 heterocycles. The Bertz CT molecular complexity index is 539. The second kappa shape index (κ2) is 8.20. The largest absolute Gasteiger partial charge is 0.338 e. The van der Waals surface area contributed by atoms with Crippen molar-refractivity contribution in [3.8, 4) is 0 Å². The lowest BCUT2D eigenvalue weighted by Gasteiger charge is -2.13. The van der Waals surface area contributed by atoms with E-state index >= 15 is 0 Å². The quantitative estimate of drug-likeness (QED) is 0.747. The van der Waals surface area contributed by atoms with Gasteiger partial charge in [0, 0.05) is 17.4 Å². The molecule has 0 fully saturated rings. The monoisotopic (exact) mass is 305 g/mol. The van der Waals surface area contributed by atoms with Gasteiger partial charge in [-0.25, -0.2) is 0 Å². The van der Waals surface area contributed by atoms with Gasteiger partial charge in [0.1, 0.15) is 0 Å². The summed E-state index contributed by atoms with van der Waals surface area (Å²) in [6, 6.07) is 9.07. The molecule has 4 nitrogen and oxygen atoms in total. The summed E-state index contributed by atoms with van der Waals surface area (Å²) in [6.45, 7) is 7.45. The van der Waals surface area contributed by atoms with E-state index in [4.69, 9.17) is 4.52 Å². The minimum atomic E-state index is 0.395. The van der Waals surface area contributed by atoms with E-state index in [1.165, 1.54) is 10.5 Å². The highest BCUT2D eigenvalue weighted by molar-refractivity contribution is 7.98. The van der Waals surface area contributed by atoms with Crippen LogP contribution in [0.15, 0.2) is 33.7 Å². The van der Waals surface area contributed by atoms with Gasteiger partial charge in [0.25, 0.3) is 0 Å². The molecule has 2 aromatic rings. The average molecular weight is 305 g/mol. The molecule has 1 unspecified atom stereocenters. The van der Waals surface area contributed by atoms with Crippen molar-refractivity contribution in [2.24, 2.45) is 0 Å². The van der Waals surface area contributed by atoms with Crippen molar-refractivity contribution in [2.45, 2.75) is 50.3 Å². The predicted octanol–water partition coefficient (Wildman–Crippen LogP) is 3.98. The number of thioether (sulfide) groups is 1. The molecular formula is C16H23N3OS. The number of nitrogens with one attached hydrogen (secondary N) is 1. The third-order valence-electron chi connectivity index (χ3n) is 3.27. The highest BCUT2D eigenvalue weighted by Gasteiger charge is 2.07. The van der Waals surface area contributed by atoms with Crippen LogP contribution in [0, 0.1) is 0 Å². The van der Waals surface area contributed by atoms with Gasteiger partial charge in [-0.15, -0.1) is 11.8 Å². The third-order valence-corrected chi connectivity index (χ3v) is 4.27. The Hall–Kier alpha value is -1.33. The number of aryl methyl sites for hydroxylation is 1. The zero-order valence-corrected chi connectivity index (χ0v) is 13.7. The van der Waals surface area contributed by atoms with E-state index in [1.807, 2.05) is 6.92 Å². The number of hydrogen-bond acceptors (Lipinski definition) is 5. The number of nitrogens with zero attached hydrogens (tertiary/aromatic N) is 2. The van der Waals surface area contributed by atoms with Gasteiger partial charge in [0.05, 0.1) is 5.75 Å². The molecule has 1 atom stereocenters. The summed E-state index contributed by atoms with van der Waals surface area (Å²) in [5.41, 5.74) is 1.32. The summed E-state index contributed by atoms with van der Waals surface area (Å²) < 4.78 is 5.19. The predicted molar refractivity (Wildman–Crippen MR) is 86.4 cm³/mol. The lowest BCUT2D eigenvalue weighted by molar-refractivity contribution is 0.385. The van der Waals surface area contributed by atoms with Gasteiger partial charge >= 0.3 is 0 Å². The molecule has 0 aliphatic rings. The molecule has 0 spiro atoms. The molecule has 1 aromatic heterocycles. The van der Waals surface area contributed by atoms with Crippen LogP contribution in [0.1, 0.15) is 50.5 Å². The Morgan fingerprint density at radius 3 is 2.62 bits per heavy atom. The summed E-state index contributed by atoms with van der Waals surface area (Å²) in [7, 11) is 0. The first-order chi connectivity index (χ1) is 10.2. The van der Waals surface area contributed by atoms with Crippen LogP contribution < -0.4 is 5.32 Å². The molecule has 21 heavy (non-hydrogen) atoms. The van der Waals surface area contributed by atoms with Crippen LogP contribution in [0.2, 0.25) is 0 Å². The molecule has 1 N–H and O–H groups in total. The Morgan fingerprint density at radius 1 is 1.24 bits per heavy atom. The van der Waals surface area contributed by atoms with Crippen molar-refractivity contribution in [3.63, 3.8) is 0 Å². The zero-order chi connectivity index (χ0) is 15.1. The zero-order valence-electron chi connectivity index (χ0n) is 12.9. The van der Waals surface area contributed by atoms with Gasteiger partial charge in [-0.3, -0.25) is 0 Å². The summed E-state index contributed by atoms with van der Waals surface area (Å²) in [6.07, 6.45) is 1.97. The molecule has 114 valence electrons. The minimum absolute atomic E-state index is 0.395. The van der Waals surface area contributed by atoms with Gasteiger partial charge < -0.3 is 9.84 Å². The van der Waals surface area contributed by atoms with E-state index in [-0.39, 0.29) is 0 Å². The van der Waals surface area contributed by atoms with Crippen molar-refractivity contribution in [2.75, 3.05) is 6.54 Å².